The number of nitrogens with one attached hydrogen (secondary N) is 1. The summed E-state index contributed by atoms with van der Waals surface area (Å²) in [5.74, 6) is 0.507. The number of ether oxygens (including phenoxy) is 3. The van der Waals surface area contributed by atoms with Crippen molar-refractivity contribution < 1.29 is 23.8 Å². The molecule has 0 aliphatic heterocycles. The lowest BCUT2D eigenvalue weighted by Gasteiger charge is -2.14. The highest BCUT2D eigenvalue weighted by Crippen LogP contribution is 2.14. The molecule has 1 N–H and O–H groups in total. The third kappa shape index (κ3) is 5.51. The van der Waals surface area contributed by atoms with Gasteiger partial charge in [0.2, 0.25) is 0 Å². The van der Waals surface area contributed by atoms with Crippen LogP contribution < -0.4 is 14.8 Å². The van der Waals surface area contributed by atoms with Gasteiger partial charge in [-0.3, -0.25) is 4.79 Å². The monoisotopic (exact) mass is 357 g/mol. The molecule has 0 aliphatic carbocycles. The Kier molecular flexibility index (Phi) is 7.02. The zero-order valence-corrected chi connectivity index (χ0v) is 15.2. The number of hydrogen-bond donors (Lipinski definition) is 1. The third-order valence-corrected chi connectivity index (χ3v) is 3.68. The van der Waals surface area contributed by atoms with Crippen molar-refractivity contribution >= 4 is 11.9 Å². The normalized spacial score (nSPS) is 11.3. The van der Waals surface area contributed by atoms with Crippen LogP contribution in [0.1, 0.15) is 29.8 Å². The molecule has 0 radical (unpaired) electrons. The molecule has 0 fully saturated rings. The van der Waals surface area contributed by atoms with E-state index in [-0.39, 0.29) is 5.91 Å². The molecule has 6 heteroatoms. The standard InChI is InChI=1S/C20H23NO5/c1-4-25-18-11-7-16(8-12-18)20(23)26-14(2)19(22)21-13-15-5-9-17(24-3)10-6-15/h5-12,14H,4,13H2,1-3H3,(H,21,22)/t14-/m0/s1. The molecule has 1 amide bonds. The van der Waals surface area contributed by atoms with E-state index in [0.717, 1.165) is 11.3 Å². The molecular formula is C20H23NO5. The van der Waals surface area contributed by atoms with Crippen molar-refractivity contribution in [3.05, 3.63) is 59.7 Å². The van der Waals surface area contributed by atoms with Crippen molar-refractivity contribution in [2.75, 3.05) is 13.7 Å². The van der Waals surface area contributed by atoms with E-state index in [9.17, 15) is 9.59 Å². The summed E-state index contributed by atoms with van der Waals surface area (Å²) >= 11 is 0. The van der Waals surface area contributed by atoms with E-state index < -0.39 is 12.1 Å². The Balaban J connectivity index is 1.84. The van der Waals surface area contributed by atoms with Crippen LogP contribution in [-0.4, -0.2) is 31.7 Å². The minimum absolute atomic E-state index is 0.341. The van der Waals surface area contributed by atoms with Gasteiger partial charge in [-0.25, -0.2) is 4.79 Å². The second kappa shape index (κ2) is 9.46. The summed E-state index contributed by atoms with van der Waals surface area (Å²) in [6.45, 7) is 4.31. The van der Waals surface area contributed by atoms with Gasteiger partial charge < -0.3 is 19.5 Å². The largest absolute Gasteiger partial charge is 0.497 e. The Morgan fingerprint density at radius 3 is 2.19 bits per heavy atom. The summed E-state index contributed by atoms with van der Waals surface area (Å²) in [6, 6.07) is 13.9. The van der Waals surface area contributed by atoms with Crippen molar-refractivity contribution in [3.8, 4) is 11.5 Å². The van der Waals surface area contributed by atoms with E-state index in [4.69, 9.17) is 14.2 Å². The van der Waals surface area contributed by atoms with Gasteiger partial charge in [0.05, 0.1) is 19.3 Å². The first-order valence-corrected chi connectivity index (χ1v) is 8.38. The summed E-state index contributed by atoms with van der Waals surface area (Å²) in [4.78, 5) is 24.2. The van der Waals surface area contributed by atoms with Crippen LogP contribution in [-0.2, 0) is 16.1 Å². The molecule has 0 bridgehead atoms. The van der Waals surface area contributed by atoms with Crippen LogP contribution in [0.5, 0.6) is 11.5 Å². The van der Waals surface area contributed by atoms with Gasteiger partial charge >= 0.3 is 5.97 Å². The van der Waals surface area contributed by atoms with Crippen molar-refractivity contribution in [1.82, 2.24) is 5.32 Å². The van der Waals surface area contributed by atoms with Crippen LogP contribution in [0, 0.1) is 0 Å². The maximum absolute atomic E-state index is 12.1. The Bertz CT molecular complexity index is 725. The number of methoxy groups -OCH3 is 1. The van der Waals surface area contributed by atoms with Gasteiger partial charge in [-0.15, -0.1) is 0 Å². The van der Waals surface area contributed by atoms with Gasteiger partial charge in [-0.2, -0.15) is 0 Å². The Hall–Kier alpha value is -3.02. The second-order valence-electron chi connectivity index (χ2n) is 5.57. The number of carbonyl (C=O) groups excluding carboxylic acids is 2. The van der Waals surface area contributed by atoms with Crippen LogP contribution >= 0.6 is 0 Å². The Morgan fingerprint density at radius 1 is 1.00 bits per heavy atom. The predicted octanol–water partition coefficient (Wildman–Crippen LogP) is 2.96. The second-order valence-corrected chi connectivity index (χ2v) is 5.57. The van der Waals surface area contributed by atoms with Crippen molar-refractivity contribution in [1.29, 1.82) is 0 Å². The first-order valence-electron chi connectivity index (χ1n) is 8.38. The highest BCUT2D eigenvalue weighted by atomic mass is 16.5. The number of hydrogen-bond acceptors (Lipinski definition) is 5. The quantitative estimate of drug-likeness (QED) is 0.735. The van der Waals surface area contributed by atoms with E-state index >= 15 is 0 Å². The zero-order valence-electron chi connectivity index (χ0n) is 15.2. The lowest BCUT2D eigenvalue weighted by Crippen LogP contribution is -2.35. The fourth-order valence-electron chi connectivity index (χ4n) is 2.21. The average Bonchev–Trinajstić information content (AvgIpc) is 2.67. The Morgan fingerprint density at radius 2 is 1.62 bits per heavy atom. The van der Waals surface area contributed by atoms with Crippen LogP contribution in [0.15, 0.2) is 48.5 Å². The smallest absolute Gasteiger partial charge is 0.338 e. The first kappa shape index (κ1) is 19.3. The van der Waals surface area contributed by atoms with Gasteiger partial charge in [0.25, 0.3) is 5.91 Å². The number of esters is 1. The highest BCUT2D eigenvalue weighted by molar-refractivity contribution is 5.92. The molecule has 138 valence electrons. The van der Waals surface area contributed by atoms with E-state index in [1.807, 2.05) is 31.2 Å². The van der Waals surface area contributed by atoms with Crippen molar-refractivity contribution in [2.24, 2.45) is 0 Å². The predicted molar refractivity (Wildman–Crippen MR) is 97.3 cm³/mol. The third-order valence-electron chi connectivity index (χ3n) is 3.68. The van der Waals surface area contributed by atoms with E-state index in [1.165, 1.54) is 6.92 Å². The molecule has 0 unspecified atom stereocenters. The molecule has 0 saturated carbocycles. The lowest BCUT2D eigenvalue weighted by atomic mass is 10.2. The zero-order chi connectivity index (χ0) is 18.9. The highest BCUT2D eigenvalue weighted by Gasteiger charge is 2.18. The minimum atomic E-state index is -0.896. The van der Waals surface area contributed by atoms with Crippen LogP contribution in [0.2, 0.25) is 0 Å². The molecule has 2 rings (SSSR count). The molecule has 0 saturated heterocycles. The van der Waals surface area contributed by atoms with Gasteiger partial charge in [-0.1, -0.05) is 12.1 Å². The van der Waals surface area contributed by atoms with E-state index in [2.05, 4.69) is 5.32 Å². The molecule has 2 aromatic carbocycles. The minimum Gasteiger partial charge on any atom is -0.497 e. The lowest BCUT2D eigenvalue weighted by molar-refractivity contribution is -0.129. The topological polar surface area (TPSA) is 73.9 Å². The Labute approximate surface area is 153 Å². The summed E-state index contributed by atoms with van der Waals surface area (Å²) in [7, 11) is 1.59. The molecule has 2 aromatic rings. The number of amides is 1. The summed E-state index contributed by atoms with van der Waals surface area (Å²) in [5.41, 5.74) is 1.28. The number of rotatable bonds is 8. The fourth-order valence-corrected chi connectivity index (χ4v) is 2.21. The first-order chi connectivity index (χ1) is 12.5. The average molecular weight is 357 g/mol. The van der Waals surface area contributed by atoms with Crippen molar-refractivity contribution in [2.45, 2.75) is 26.5 Å². The summed E-state index contributed by atoms with van der Waals surface area (Å²) < 4.78 is 15.6. The molecule has 0 heterocycles. The van der Waals surface area contributed by atoms with Gasteiger partial charge in [0.15, 0.2) is 6.10 Å². The SMILES string of the molecule is CCOc1ccc(C(=O)O[C@@H](C)C(=O)NCc2ccc(OC)cc2)cc1. The van der Waals surface area contributed by atoms with Crippen LogP contribution in [0.25, 0.3) is 0 Å². The number of benzene rings is 2. The number of carbonyl (C=O) groups is 2. The molecule has 26 heavy (non-hydrogen) atoms. The van der Waals surface area contributed by atoms with Gasteiger partial charge in [-0.05, 0) is 55.8 Å². The molecule has 0 spiro atoms. The molecule has 0 aromatic heterocycles. The van der Waals surface area contributed by atoms with E-state index in [1.54, 1.807) is 31.4 Å². The van der Waals surface area contributed by atoms with Crippen molar-refractivity contribution in [3.63, 3.8) is 0 Å². The van der Waals surface area contributed by atoms with Gasteiger partial charge in [0.1, 0.15) is 11.5 Å². The fraction of sp³-hybridized carbons (Fsp3) is 0.300. The summed E-state index contributed by atoms with van der Waals surface area (Å²) in [5, 5.41) is 2.74. The van der Waals surface area contributed by atoms with Gasteiger partial charge in [0, 0.05) is 6.54 Å². The molecular weight excluding hydrogens is 334 g/mol. The maximum Gasteiger partial charge on any atom is 0.338 e. The molecule has 0 aliphatic rings. The maximum atomic E-state index is 12.1. The molecule has 6 nitrogen and oxygen atoms in total. The molecule has 1 atom stereocenters. The van der Waals surface area contributed by atoms with E-state index in [0.29, 0.717) is 24.5 Å². The van der Waals surface area contributed by atoms with Crippen LogP contribution in [0.4, 0.5) is 0 Å². The summed E-state index contributed by atoms with van der Waals surface area (Å²) in [6.07, 6.45) is -0.896. The van der Waals surface area contributed by atoms with Crippen LogP contribution in [0.3, 0.4) is 0 Å².